The first-order chi connectivity index (χ1) is 8.83. The van der Waals surface area contributed by atoms with E-state index in [-0.39, 0.29) is 24.4 Å². The minimum atomic E-state index is -4.22. The van der Waals surface area contributed by atoms with Crippen molar-refractivity contribution >= 4 is 17.3 Å². The van der Waals surface area contributed by atoms with Gasteiger partial charge in [0, 0.05) is 17.9 Å². The molecule has 0 aliphatic carbocycles. The SMILES string of the molecule is CCOC(=O)c1cc(NCCC(F)(F)F)ccc1N. The molecule has 1 aromatic rings. The Balaban J connectivity index is 2.71. The lowest BCUT2D eigenvalue weighted by molar-refractivity contribution is -0.131. The molecule has 0 atom stereocenters. The number of nitrogen functional groups attached to an aromatic ring is 1. The Morgan fingerprint density at radius 2 is 2.11 bits per heavy atom. The molecule has 7 heteroatoms. The number of anilines is 2. The first kappa shape index (κ1) is 15.1. The van der Waals surface area contributed by atoms with Gasteiger partial charge in [-0.3, -0.25) is 0 Å². The van der Waals surface area contributed by atoms with Crippen molar-refractivity contribution in [2.45, 2.75) is 19.5 Å². The van der Waals surface area contributed by atoms with Crippen LogP contribution in [-0.4, -0.2) is 25.3 Å². The Kier molecular flexibility index (Phi) is 5.02. The molecule has 1 aromatic carbocycles. The lowest BCUT2D eigenvalue weighted by atomic mass is 10.1. The van der Waals surface area contributed by atoms with Crippen LogP contribution in [0.15, 0.2) is 18.2 Å². The molecule has 0 spiro atoms. The van der Waals surface area contributed by atoms with E-state index in [4.69, 9.17) is 10.5 Å². The van der Waals surface area contributed by atoms with E-state index in [0.29, 0.717) is 5.69 Å². The maximum atomic E-state index is 12.0. The van der Waals surface area contributed by atoms with Gasteiger partial charge in [0.25, 0.3) is 0 Å². The third-order valence-corrected chi connectivity index (χ3v) is 2.29. The Hall–Kier alpha value is -1.92. The highest BCUT2D eigenvalue weighted by atomic mass is 19.4. The summed E-state index contributed by atoms with van der Waals surface area (Å²) in [6.45, 7) is 1.58. The average molecular weight is 276 g/mol. The molecule has 0 radical (unpaired) electrons. The van der Waals surface area contributed by atoms with Crippen molar-refractivity contribution in [3.63, 3.8) is 0 Å². The Morgan fingerprint density at radius 1 is 1.42 bits per heavy atom. The maximum Gasteiger partial charge on any atom is 0.390 e. The van der Waals surface area contributed by atoms with Crippen LogP contribution in [0.25, 0.3) is 0 Å². The van der Waals surface area contributed by atoms with Gasteiger partial charge in [0.15, 0.2) is 0 Å². The summed E-state index contributed by atoms with van der Waals surface area (Å²) in [5, 5.41) is 2.58. The minimum absolute atomic E-state index is 0.138. The summed E-state index contributed by atoms with van der Waals surface area (Å²) in [5.74, 6) is -0.598. The monoisotopic (exact) mass is 276 g/mol. The van der Waals surface area contributed by atoms with E-state index in [2.05, 4.69) is 5.32 Å². The molecule has 0 saturated carbocycles. The minimum Gasteiger partial charge on any atom is -0.462 e. The van der Waals surface area contributed by atoms with Crippen LogP contribution in [0.1, 0.15) is 23.7 Å². The molecule has 4 nitrogen and oxygen atoms in total. The van der Waals surface area contributed by atoms with Crippen molar-refractivity contribution in [3.05, 3.63) is 23.8 Å². The number of nitrogens with one attached hydrogen (secondary N) is 1. The van der Waals surface area contributed by atoms with Gasteiger partial charge in [-0.25, -0.2) is 4.79 Å². The standard InChI is InChI=1S/C12H15F3N2O2/c1-2-19-11(18)9-7-8(3-4-10(9)16)17-6-5-12(13,14)15/h3-4,7,17H,2,5-6,16H2,1H3. The average Bonchev–Trinajstić information content (AvgIpc) is 2.30. The van der Waals surface area contributed by atoms with Gasteiger partial charge in [-0.05, 0) is 25.1 Å². The molecule has 106 valence electrons. The number of alkyl halides is 3. The molecule has 0 bridgehead atoms. The summed E-state index contributed by atoms with van der Waals surface area (Å²) in [5.41, 5.74) is 6.36. The van der Waals surface area contributed by atoms with E-state index in [0.717, 1.165) is 0 Å². The number of carbonyl (C=O) groups excluding carboxylic acids is 1. The van der Waals surface area contributed by atoms with Crippen LogP contribution in [0, 0.1) is 0 Å². The predicted molar refractivity (Wildman–Crippen MR) is 66.0 cm³/mol. The number of benzene rings is 1. The largest absolute Gasteiger partial charge is 0.462 e. The molecule has 0 aliphatic heterocycles. The highest BCUT2D eigenvalue weighted by molar-refractivity contribution is 5.96. The topological polar surface area (TPSA) is 64.3 Å². The quantitative estimate of drug-likeness (QED) is 0.641. The van der Waals surface area contributed by atoms with Gasteiger partial charge in [-0.15, -0.1) is 0 Å². The van der Waals surface area contributed by atoms with E-state index in [1.165, 1.54) is 18.2 Å². The van der Waals surface area contributed by atoms with E-state index in [1.807, 2.05) is 0 Å². The molecule has 0 fully saturated rings. The number of esters is 1. The number of ether oxygens (including phenoxy) is 1. The number of hydrogen-bond acceptors (Lipinski definition) is 4. The molecule has 1 rings (SSSR count). The van der Waals surface area contributed by atoms with Gasteiger partial charge in [0.1, 0.15) is 0 Å². The summed E-state index contributed by atoms with van der Waals surface area (Å²) in [6.07, 6.45) is -5.17. The third kappa shape index (κ3) is 5.07. The smallest absolute Gasteiger partial charge is 0.390 e. The summed E-state index contributed by atoms with van der Waals surface area (Å²) in [4.78, 5) is 11.5. The number of hydrogen-bond donors (Lipinski definition) is 2. The normalized spacial score (nSPS) is 11.2. The molecule has 0 unspecified atom stereocenters. The molecule has 0 aromatic heterocycles. The predicted octanol–water partition coefficient (Wildman–Crippen LogP) is 2.81. The lowest BCUT2D eigenvalue weighted by Crippen LogP contribution is -2.15. The summed E-state index contributed by atoms with van der Waals surface area (Å²) < 4.78 is 40.8. The van der Waals surface area contributed by atoms with Gasteiger partial charge in [-0.1, -0.05) is 0 Å². The zero-order chi connectivity index (χ0) is 14.5. The van der Waals surface area contributed by atoms with Crippen molar-refractivity contribution < 1.29 is 22.7 Å². The number of halogens is 3. The Morgan fingerprint density at radius 3 is 2.68 bits per heavy atom. The first-order valence-corrected chi connectivity index (χ1v) is 5.70. The van der Waals surface area contributed by atoms with Crippen LogP contribution in [0.2, 0.25) is 0 Å². The second-order valence-electron chi connectivity index (χ2n) is 3.81. The van der Waals surface area contributed by atoms with Crippen LogP contribution >= 0.6 is 0 Å². The zero-order valence-corrected chi connectivity index (χ0v) is 10.4. The maximum absolute atomic E-state index is 12.0. The van der Waals surface area contributed by atoms with Crippen molar-refractivity contribution in [2.24, 2.45) is 0 Å². The van der Waals surface area contributed by atoms with E-state index >= 15 is 0 Å². The first-order valence-electron chi connectivity index (χ1n) is 5.70. The fourth-order valence-corrected chi connectivity index (χ4v) is 1.40. The van der Waals surface area contributed by atoms with Crippen LogP contribution in [-0.2, 0) is 4.74 Å². The number of carbonyl (C=O) groups is 1. The molecule has 0 amide bonds. The zero-order valence-electron chi connectivity index (χ0n) is 10.4. The highest BCUT2D eigenvalue weighted by Crippen LogP contribution is 2.21. The van der Waals surface area contributed by atoms with Crippen LogP contribution in [0.4, 0.5) is 24.5 Å². The van der Waals surface area contributed by atoms with E-state index < -0.39 is 18.6 Å². The molecule has 0 aliphatic rings. The lowest BCUT2D eigenvalue weighted by Gasteiger charge is -2.11. The van der Waals surface area contributed by atoms with Crippen LogP contribution in [0.3, 0.4) is 0 Å². The van der Waals surface area contributed by atoms with Gasteiger partial charge in [-0.2, -0.15) is 13.2 Å². The van der Waals surface area contributed by atoms with Gasteiger partial charge in [0.05, 0.1) is 18.6 Å². The van der Waals surface area contributed by atoms with Crippen molar-refractivity contribution in [1.82, 2.24) is 0 Å². The van der Waals surface area contributed by atoms with Crippen LogP contribution in [0.5, 0.6) is 0 Å². The third-order valence-electron chi connectivity index (χ3n) is 2.29. The van der Waals surface area contributed by atoms with Crippen LogP contribution < -0.4 is 11.1 Å². The summed E-state index contributed by atoms with van der Waals surface area (Å²) in [7, 11) is 0. The molecular formula is C12H15F3N2O2. The molecule has 3 N–H and O–H groups in total. The highest BCUT2D eigenvalue weighted by Gasteiger charge is 2.26. The summed E-state index contributed by atoms with van der Waals surface area (Å²) in [6, 6.07) is 4.33. The van der Waals surface area contributed by atoms with Gasteiger partial charge >= 0.3 is 12.1 Å². The fraction of sp³-hybridized carbons (Fsp3) is 0.417. The Labute approximate surface area is 108 Å². The van der Waals surface area contributed by atoms with E-state index in [9.17, 15) is 18.0 Å². The molecule has 0 saturated heterocycles. The molecule has 19 heavy (non-hydrogen) atoms. The van der Waals surface area contributed by atoms with Crippen molar-refractivity contribution in [2.75, 3.05) is 24.2 Å². The Bertz CT molecular complexity index is 447. The number of nitrogens with two attached hydrogens (primary N) is 1. The summed E-state index contributed by atoms with van der Waals surface area (Å²) >= 11 is 0. The van der Waals surface area contributed by atoms with Gasteiger partial charge < -0.3 is 15.8 Å². The van der Waals surface area contributed by atoms with Crippen molar-refractivity contribution in [1.29, 1.82) is 0 Å². The second kappa shape index (κ2) is 6.31. The fourth-order valence-electron chi connectivity index (χ4n) is 1.40. The van der Waals surface area contributed by atoms with Gasteiger partial charge in [0.2, 0.25) is 0 Å². The van der Waals surface area contributed by atoms with E-state index in [1.54, 1.807) is 6.92 Å². The second-order valence-corrected chi connectivity index (χ2v) is 3.81. The number of rotatable bonds is 5. The molecular weight excluding hydrogens is 261 g/mol. The van der Waals surface area contributed by atoms with Crippen molar-refractivity contribution in [3.8, 4) is 0 Å². The molecule has 0 heterocycles.